The molecule has 1 aromatic carbocycles. The highest BCUT2D eigenvalue weighted by molar-refractivity contribution is 5.90. The molecule has 0 aliphatic rings. The maximum Gasteiger partial charge on any atom is 0.251 e. The van der Waals surface area contributed by atoms with E-state index in [1.807, 2.05) is 13.0 Å². The number of carbonyl (C=O) groups excluding carboxylic acids is 1. The quantitative estimate of drug-likeness (QED) is 0.632. The van der Waals surface area contributed by atoms with Gasteiger partial charge >= 0.3 is 0 Å². The second kappa shape index (κ2) is 7.98. The lowest BCUT2D eigenvalue weighted by atomic mass is 10.3. The van der Waals surface area contributed by atoms with E-state index in [1.165, 1.54) is 10.6 Å². The highest BCUT2D eigenvalue weighted by atomic mass is 16.5. The lowest BCUT2D eigenvalue weighted by molar-refractivity contribution is -0.116. The molecule has 0 saturated heterocycles. The number of anilines is 1. The third-order valence-electron chi connectivity index (χ3n) is 3.17. The summed E-state index contributed by atoms with van der Waals surface area (Å²) in [5.41, 5.74) is 1.31. The number of benzene rings is 1. The van der Waals surface area contributed by atoms with E-state index in [0.29, 0.717) is 18.0 Å². The molecule has 2 rings (SSSR count). The fraction of sp³-hybridized carbons (Fsp3) is 0.222. The highest BCUT2D eigenvalue weighted by Crippen LogP contribution is 2.17. The Labute approximate surface area is 135 Å². The predicted octanol–water partition coefficient (Wildman–Crippen LogP) is 2.75. The Morgan fingerprint density at radius 1 is 1.35 bits per heavy atom. The number of pyridine rings is 1. The van der Waals surface area contributed by atoms with Crippen LogP contribution in [-0.4, -0.2) is 17.1 Å². The highest BCUT2D eigenvalue weighted by Gasteiger charge is 2.06. The number of hydrogen-bond donors (Lipinski definition) is 1. The standard InChI is InChI=1S/C18H20N2O3/c1-3-4-10-23-16-7-5-6-15(12-16)19-17(21)13-20-9-8-14(2)11-18(20)22/h3,5-9,11-12H,1,4,10,13H2,2H3,(H,19,21). The van der Waals surface area contributed by atoms with E-state index in [2.05, 4.69) is 11.9 Å². The van der Waals surface area contributed by atoms with Crippen molar-refractivity contribution in [2.24, 2.45) is 0 Å². The molecule has 2 aromatic rings. The van der Waals surface area contributed by atoms with E-state index < -0.39 is 0 Å². The van der Waals surface area contributed by atoms with Gasteiger partial charge in [0.15, 0.2) is 0 Å². The largest absolute Gasteiger partial charge is 0.493 e. The van der Waals surface area contributed by atoms with E-state index in [9.17, 15) is 9.59 Å². The minimum Gasteiger partial charge on any atom is -0.493 e. The molecular weight excluding hydrogens is 292 g/mol. The molecular formula is C18H20N2O3. The van der Waals surface area contributed by atoms with E-state index in [0.717, 1.165) is 12.0 Å². The minimum absolute atomic E-state index is 0.0271. The number of aromatic nitrogens is 1. The third-order valence-corrected chi connectivity index (χ3v) is 3.17. The van der Waals surface area contributed by atoms with Crippen molar-refractivity contribution in [1.82, 2.24) is 4.57 Å². The van der Waals surface area contributed by atoms with Crippen LogP contribution in [0.4, 0.5) is 5.69 Å². The van der Waals surface area contributed by atoms with E-state index in [1.54, 1.807) is 36.5 Å². The van der Waals surface area contributed by atoms with Gasteiger partial charge in [0.25, 0.3) is 5.56 Å². The van der Waals surface area contributed by atoms with Gasteiger partial charge in [-0.25, -0.2) is 0 Å². The molecule has 0 radical (unpaired) electrons. The van der Waals surface area contributed by atoms with E-state index in [-0.39, 0.29) is 18.0 Å². The van der Waals surface area contributed by atoms with Crippen LogP contribution in [0, 0.1) is 6.92 Å². The first-order valence-electron chi connectivity index (χ1n) is 7.39. The van der Waals surface area contributed by atoms with Crippen molar-refractivity contribution in [2.75, 3.05) is 11.9 Å². The Morgan fingerprint density at radius 3 is 2.91 bits per heavy atom. The molecule has 0 spiro atoms. The first-order valence-corrected chi connectivity index (χ1v) is 7.39. The molecule has 1 N–H and O–H groups in total. The van der Waals surface area contributed by atoms with Gasteiger partial charge in [-0.2, -0.15) is 0 Å². The fourth-order valence-corrected chi connectivity index (χ4v) is 2.02. The Bertz CT molecular complexity index is 750. The number of aryl methyl sites for hydroxylation is 1. The van der Waals surface area contributed by atoms with Crippen LogP contribution in [0.15, 0.2) is 60.0 Å². The Kier molecular flexibility index (Phi) is 5.74. The average Bonchev–Trinajstić information content (AvgIpc) is 2.51. The number of nitrogens with one attached hydrogen (secondary N) is 1. The van der Waals surface area contributed by atoms with Crippen molar-refractivity contribution in [3.05, 3.63) is 71.2 Å². The summed E-state index contributed by atoms with van der Waals surface area (Å²) in [5.74, 6) is 0.413. The van der Waals surface area contributed by atoms with Crippen LogP contribution >= 0.6 is 0 Å². The summed E-state index contributed by atoms with van der Waals surface area (Å²) in [6, 6.07) is 10.4. The van der Waals surface area contributed by atoms with Gasteiger partial charge in [0, 0.05) is 24.0 Å². The average molecular weight is 312 g/mol. The summed E-state index contributed by atoms with van der Waals surface area (Å²) in [6.45, 7) is 5.99. The zero-order chi connectivity index (χ0) is 16.7. The van der Waals surface area contributed by atoms with Crippen molar-refractivity contribution in [3.8, 4) is 5.75 Å². The molecule has 0 saturated carbocycles. The fourth-order valence-electron chi connectivity index (χ4n) is 2.02. The molecule has 1 heterocycles. The molecule has 0 aliphatic carbocycles. The Hall–Kier alpha value is -2.82. The summed E-state index contributed by atoms with van der Waals surface area (Å²) >= 11 is 0. The first-order chi connectivity index (χ1) is 11.1. The zero-order valence-corrected chi connectivity index (χ0v) is 13.1. The van der Waals surface area contributed by atoms with Gasteiger partial charge in [0.05, 0.1) is 6.61 Å². The summed E-state index contributed by atoms with van der Waals surface area (Å²) in [6.07, 6.45) is 4.16. The third kappa shape index (κ3) is 5.14. The van der Waals surface area contributed by atoms with E-state index >= 15 is 0 Å². The topological polar surface area (TPSA) is 60.3 Å². The van der Waals surface area contributed by atoms with Gasteiger partial charge in [-0.05, 0) is 37.1 Å². The van der Waals surface area contributed by atoms with Gasteiger partial charge in [-0.15, -0.1) is 6.58 Å². The lowest BCUT2D eigenvalue weighted by Crippen LogP contribution is -2.26. The SMILES string of the molecule is C=CCCOc1cccc(NC(=O)Cn2ccc(C)cc2=O)c1. The molecule has 0 atom stereocenters. The number of rotatable bonds is 7. The Balaban J connectivity index is 1.98. The van der Waals surface area contributed by atoms with Gasteiger partial charge < -0.3 is 14.6 Å². The maximum absolute atomic E-state index is 12.1. The van der Waals surface area contributed by atoms with Crippen molar-refractivity contribution >= 4 is 11.6 Å². The van der Waals surface area contributed by atoms with Crippen LogP contribution in [0.25, 0.3) is 0 Å². The first kappa shape index (κ1) is 16.5. The molecule has 0 bridgehead atoms. The second-order valence-electron chi connectivity index (χ2n) is 5.17. The lowest BCUT2D eigenvalue weighted by Gasteiger charge is -2.10. The van der Waals surface area contributed by atoms with Crippen LogP contribution in [0.2, 0.25) is 0 Å². The number of amides is 1. The monoisotopic (exact) mass is 312 g/mol. The summed E-state index contributed by atoms with van der Waals surface area (Å²) in [4.78, 5) is 23.8. The molecule has 0 aliphatic heterocycles. The van der Waals surface area contributed by atoms with Gasteiger partial charge in [0.2, 0.25) is 5.91 Å². The number of nitrogens with zero attached hydrogens (tertiary/aromatic N) is 1. The normalized spacial score (nSPS) is 10.1. The summed E-state index contributed by atoms with van der Waals surface area (Å²) < 4.78 is 6.91. The van der Waals surface area contributed by atoms with Crippen molar-refractivity contribution in [2.45, 2.75) is 19.9 Å². The number of ether oxygens (including phenoxy) is 1. The molecule has 23 heavy (non-hydrogen) atoms. The smallest absolute Gasteiger partial charge is 0.251 e. The van der Waals surface area contributed by atoms with Crippen LogP contribution < -0.4 is 15.6 Å². The molecule has 0 unspecified atom stereocenters. The number of hydrogen-bond acceptors (Lipinski definition) is 3. The minimum atomic E-state index is -0.265. The Morgan fingerprint density at radius 2 is 2.17 bits per heavy atom. The van der Waals surface area contributed by atoms with Gasteiger partial charge in [0.1, 0.15) is 12.3 Å². The molecule has 1 aromatic heterocycles. The van der Waals surface area contributed by atoms with Crippen molar-refractivity contribution in [3.63, 3.8) is 0 Å². The molecule has 5 nitrogen and oxygen atoms in total. The van der Waals surface area contributed by atoms with Gasteiger partial charge in [-0.3, -0.25) is 9.59 Å². The molecule has 120 valence electrons. The van der Waals surface area contributed by atoms with Crippen molar-refractivity contribution < 1.29 is 9.53 Å². The molecule has 0 fully saturated rings. The maximum atomic E-state index is 12.1. The van der Waals surface area contributed by atoms with Crippen molar-refractivity contribution in [1.29, 1.82) is 0 Å². The van der Waals surface area contributed by atoms with E-state index in [4.69, 9.17) is 4.74 Å². The summed E-state index contributed by atoms with van der Waals surface area (Å²) in [5, 5.41) is 2.76. The van der Waals surface area contributed by atoms with Gasteiger partial charge in [-0.1, -0.05) is 12.1 Å². The number of carbonyl (C=O) groups is 1. The molecule has 5 heteroatoms. The van der Waals surface area contributed by atoms with Crippen LogP contribution in [0.3, 0.4) is 0 Å². The zero-order valence-electron chi connectivity index (χ0n) is 13.1. The second-order valence-corrected chi connectivity index (χ2v) is 5.17. The van der Waals surface area contributed by atoms with Crippen LogP contribution in [-0.2, 0) is 11.3 Å². The molecule has 1 amide bonds. The van der Waals surface area contributed by atoms with Crippen LogP contribution in [0.5, 0.6) is 5.75 Å². The summed E-state index contributed by atoms with van der Waals surface area (Å²) in [7, 11) is 0. The van der Waals surface area contributed by atoms with Crippen LogP contribution in [0.1, 0.15) is 12.0 Å². The predicted molar refractivity (Wildman–Crippen MR) is 90.8 cm³/mol.